The van der Waals surface area contributed by atoms with Crippen molar-refractivity contribution in [2.45, 2.75) is 25.4 Å². The molecule has 1 amide bonds. The van der Waals surface area contributed by atoms with Crippen LogP contribution in [0.2, 0.25) is 0 Å². The van der Waals surface area contributed by atoms with Crippen LogP contribution in [-0.4, -0.2) is 32.1 Å². The average Bonchev–Trinajstić information content (AvgIpc) is 3.37. The highest BCUT2D eigenvalue weighted by molar-refractivity contribution is 7.14. The minimum absolute atomic E-state index is 0.236. The molecule has 0 spiro atoms. The average molecular weight is 385 g/mol. The highest BCUT2D eigenvalue weighted by atomic mass is 32.1. The Kier molecular flexibility index (Phi) is 5.00. The number of rotatable bonds is 5. The van der Waals surface area contributed by atoms with E-state index in [9.17, 15) is 9.18 Å². The molecule has 1 aliphatic rings. The van der Waals surface area contributed by atoms with Crippen molar-refractivity contribution in [3.63, 3.8) is 0 Å². The fraction of sp³-hybridized carbons (Fsp3) is 0.316. The van der Waals surface area contributed by atoms with Crippen molar-refractivity contribution in [2.75, 3.05) is 11.9 Å². The van der Waals surface area contributed by atoms with E-state index in [0.717, 1.165) is 37.3 Å². The van der Waals surface area contributed by atoms with Gasteiger partial charge in [-0.1, -0.05) is 0 Å². The Morgan fingerprint density at radius 2 is 2.15 bits per heavy atom. The van der Waals surface area contributed by atoms with Crippen LogP contribution in [0.4, 0.5) is 9.52 Å². The molecule has 0 aliphatic carbocycles. The van der Waals surface area contributed by atoms with Crippen molar-refractivity contribution in [1.29, 1.82) is 0 Å². The topological polar surface area (TPSA) is 63.0 Å². The molecule has 4 rings (SSSR count). The summed E-state index contributed by atoms with van der Waals surface area (Å²) in [5, 5.41) is 9.82. The fourth-order valence-corrected chi connectivity index (χ4v) is 4.12. The number of aryl methyl sites for hydroxylation is 1. The van der Waals surface area contributed by atoms with Crippen LogP contribution in [0.3, 0.4) is 0 Å². The molecule has 1 aromatic carbocycles. The monoisotopic (exact) mass is 385 g/mol. The van der Waals surface area contributed by atoms with E-state index in [0.29, 0.717) is 10.7 Å². The number of nitrogens with zero attached hydrogens (tertiary/aromatic N) is 4. The summed E-state index contributed by atoms with van der Waals surface area (Å²) in [5.74, 6) is -0.648. The molecule has 1 unspecified atom stereocenters. The standard InChI is InChI=1S/C19H20FN5OS/c1-24-10-8-15(23-24)11-25-9-2-3-17(25)16-12-27-19(21-16)22-18(26)13-4-6-14(20)7-5-13/h4-8,10,12,17H,2-3,9,11H2,1H3,(H,21,22,26). The molecule has 2 aromatic heterocycles. The SMILES string of the molecule is Cn1ccc(CN2CCCC2c2csc(NC(=O)c3ccc(F)cc3)n2)n1. The Morgan fingerprint density at radius 1 is 1.33 bits per heavy atom. The van der Waals surface area contributed by atoms with Crippen molar-refractivity contribution in [3.05, 3.63) is 64.7 Å². The number of anilines is 1. The second-order valence-corrected chi connectivity index (χ2v) is 7.51. The minimum atomic E-state index is -0.364. The molecule has 0 bridgehead atoms. The molecule has 1 atom stereocenters. The quantitative estimate of drug-likeness (QED) is 0.729. The van der Waals surface area contributed by atoms with Gasteiger partial charge in [0.05, 0.1) is 17.4 Å². The molecule has 1 saturated heterocycles. The van der Waals surface area contributed by atoms with Gasteiger partial charge in [-0.3, -0.25) is 19.7 Å². The number of nitrogens with one attached hydrogen (secondary N) is 1. The molecule has 8 heteroatoms. The van der Waals surface area contributed by atoms with Crippen LogP contribution < -0.4 is 5.32 Å². The van der Waals surface area contributed by atoms with Crippen molar-refractivity contribution in [1.82, 2.24) is 19.7 Å². The molecule has 3 heterocycles. The zero-order chi connectivity index (χ0) is 18.8. The van der Waals surface area contributed by atoms with Crippen LogP contribution in [0.25, 0.3) is 0 Å². The van der Waals surface area contributed by atoms with E-state index in [4.69, 9.17) is 0 Å². The van der Waals surface area contributed by atoms with Crippen LogP contribution in [0.15, 0.2) is 41.9 Å². The summed E-state index contributed by atoms with van der Waals surface area (Å²) in [6, 6.07) is 7.74. The molecule has 0 radical (unpaired) electrons. The molecule has 1 aliphatic heterocycles. The van der Waals surface area contributed by atoms with Gasteiger partial charge in [0.25, 0.3) is 5.91 Å². The van der Waals surface area contributed by atoms with Gasteiger partial charge < -0.3 is 0 Å². The third-order valence-electron chi connectivity index (χ3n) is 4.69. The molecule has 140 valence electrons. The summed E-state index contributed by atoms with van der Waals surface area (Å²) >= 11 is 1.41. The first-order valence-electron chi connectivity index (χ1n) is 8.83. The Labute approximate surface area is 160 Å². The van der Waals surface area contributed by atoms with E-state index >= 15 is 0 Å². The van der Waals surface area contributed by atoms with E-state index in [1.807, 2.05) is 29.4 Å². The first kappa shape index (κ1) is 17.8. The maximum Gasteiger partial charge on any atom is 0.257 e. The van der Waals surface area contributed by atoms with Crippen molar-refractivity contribution >= 4 is 22.4 Å². The first-order chi connectivity index (χ1) is 13.1. The molecule has 6 nitrogen and oxygen atoms in total. The number of likely N-dealkylation sites (tertiary alicyclic amines) is 1. The first-order valence-corrected chi connectivity index (χ1v) is 9.71. The second-order valence-electron chi connectivity index (χ2n) is 6.65. The van der Waals surface area contributed by atoms with Crippen molar-refractivity contribution < 1.29 is 9.18 Å². The van der Waals surface area contributed by atoms with Crippen molar-refractivity contribution in [3.8, 4) is 0 Å². The normalized spacial score (nSPS) is 17.3. The van der Waals surface area contributed by atoms with Crippen LogP contribution in [-0.2, 0) is 13.6 Å². The summed E-state index contributed by atoms with van der Waals surface area (Å²) in [5.41, 5.74) is 2.43. The van der Waals surface area contributed by atoms with Gasteiger partial charge in [-0.2, -0.15) is 5.10 Å². The third-order valence-corrected chi connectivity index (χ3v) is 5.46. The fourth-order valence-electron chi connectivity index (χ4n) is 3.37. The Balaban J connectivity index is 1.43. The van der Waals surface area contributed by atoms with Gasteiger partial charge in [-0.25, -0.2) is 9.37 Å². The highest BCUT2D eigenvalue weighted by Gasteiger charge is 2.28. The zero-order valence-corrected chi connectivity index (χ0v) is 15.7. The number of amides is 1. The van der Waals surface area contributed by atoms with Gasteiger partial charge in [-0.15, -0.1) is 11.3 Å². The van der Waals surface area contributed by atoms with E-state index in [-0.39, 0.29) is 17.8 Å². The molecule has 1 N–H and O–H groups in total. The van der Waals surface area contributed by atoms with Crippen LogP contribution >= 0.6 is 11.3 Å². The van der Waals surface area contributed by atoms with E-state index in [1.165, 1.54) is 35.6 Å². The molecule has 0 saturated carbocycles. The number of carbonyl (C=O) groups is 1. The predicted molar refractivity (Wildman–Crippen MR) is 102 cm³/mol. The molecular weight excluding hydrogens is 365 g/mol. The number of benzene rings is 1. The molecule has 1 fully saturated rings. The smallest absolute Gasteiger partial charge is 0.257 e. The van der Waals surface area contributed by atoms with E-state index in [1.54, 1.807) is 0 Å². The Morgan fingerprint density at radius 3 is 2.89 bits per heavy atom. The molecule has 3 aromatic rings. The number of hydrogen-bond donors (Lipinski definition) is 1. The van der Waals surface area contributed by atoms with Gasteiger partial charge in [0.15, 0.2) is 5.13 Å². The maximum absolute atomic E-state index is 13.0. The highest BCUT2D eigenvalue weighted by Crippen LogP contribution is 2.34. The summed E-state index contributed by atoms with van der Waals surface area (Å²) in [6.45, 7) is 1.80. The van der Waals surface area contributed by atoms with Gasteiger partial charge in [0, 0.05) is 30.7 Å². The third kappa shape index (κ3) is 4.06. The number of hydrogen-bond acceptors (Lipinski definition) is 5. The second kappa shape index (κ2) is 7.58. The lowest BCUT2D eigenvalue weighted by Crippen LogP contribution is -2.23. The maximum atomic E-state index is 13.0. The van der Waals surface area contributed by atoms with Crippen LogP contribution in [0, 0.1) is 5.82 Å². The van der Waals surface area contributed by atoms with Crippen LogP contribution in [0.1, 0.15) is 40.6 Å². The van der Waals surface area contributed by atoms with Gasteiger partial charge >= 0.3 is 0 Å². The predicted octanol–water partition coefficient (Wildman–Crippen LogP) is 3.61. The van der Waals surface area contributed by atoms with Crippen LogP contribution in [0.5, 0.6) is 0 Å². The largest absolute Gasteiger partial charge is 0.298 e. The summed E-state index contributed by atoms with van der Waals surface area (Å²) < 4.78 is 14.8. The molecule has 27 heavy (non-hydrogen) atoms. The van der Waals surface area contributed by atoms with Gasteiger partial charge in [0.1, 0.15) is 5.82 Å². The van der Waals surface area contributed by atoms with Gasteiger partial charge in [-0.05, 0) is 49.7 Å². The lowest BCUT2D eigenvalue weighted by atomic mass is 10.1. The Bertz CT molecular complexity index is 936. The number of halogens is 1. The summed E-state index contributed by atoms with van der Waals surface area (Å²) in [7, 11) is 1.92. The van der Waals surface area contributed by atoms with Gasteiger partial charge in [0.2, 0.25) is 0 Å². The summed E-state index contributed by atoms with van der Waals surface area (Å²) in [6.07, 6.45) is 4.11. The lowest BCUT2D eigenvalue weighted by molar-refractivity contribution is 0.102. The van der Waals surface area contributed by atoms with Crippen molar-refractivity contribution in [2.24, 2.45) is 7.05 Å². The molecular formula is C19H20FN5OS. The Hall–Kier alpha value is -2.58. The van der Waals surface area contributed by atoms with E-state index in [2.05, 4.69) is 20.3 Å². The van der Waals surface area contributed by atoms with E-state index < -0.39 is 0 Å². The number of carbonyl (C=O) groups excluding carboxylic acids is 1. The minimum Gasteiger partial charge on any atom is -0.298 e. The lowest BCUT2D eigenvalue weighted by Gasteiger charge is -2.21. The zero-order valence-electron chi connectivity index (χ0n) is 14.9. The number of aromatic nitrogens is 3. The number of thiazole rings is 1. The summed E-state index contributed by atoms with van der Waals surface area (Å²) in [4.78, 5) is 19.3.